The zero-order valence-electron chi connectivity index (χ0n) is 9.75. The molecule has 0 saturated heterocycles. The molecule has 1 rings (SSSR count). The van der Waals surface area contributed by atoms with Crippen molar-refractivity contribution in [1.82, 2.24) is 0 Å². The molecule has 6 heteroatoms. The van der Waals surface area contributed by atoms with E-state index in [0.29, 0.717) is 0 Å². The molecule has 17 heavy (non-hydrogen) atoms. The molecule has 0 fully saturated rings. The van der Waals surface area contributed by atoms with Crippen molar-refractivity contribution in [3.05, 3.63) is 33.9 Å². The normalized spacial score (nSPS) is 13.4. The van der Waals surface area contributed by atoms with Gasteiger partial charge in [0.2, 0.25) is 0 Å². The molecule has 0 aliphatic heterocycles. The van der Waals surface area contributed by atoms with Gasteiger partial charge in [0.25, 0.3) is 5.69 Å². The van der Waals surface area contributed by atoms with Crippen LogP contribution in [0, 0.1) is 15.5 Å². The number of phenols is 1. The maximum absolute atomic E-state index is 10.9. The molecule has 0 unspecified atom stereocenters. The van der Waals surface area contributed by atoms with Crippen molar-refractivity contribution < 1.29 is 15.1 Å². The predicted molar refractivity (Wildman–Crippen MR) is 62.6 cm³/mol. The van der Waals surface area contributed by atoms with E-state index < -0.39 is 16.4 Å². The van der Waals surface area contributed by atoms with Gasteiger partial charge in [-0.2, -0.15) is 0 Å². The molecule has 0 amide bonds. The third kappa shape index (κ3) is 2.72. The Morgan fingerprint density at radius 2 is 2.12 bits per heavy atom. The van der Waals surface area contributed by atoms with Gasteiger partial charge < -0.3 is 15.9 Å². The monoisotopic (exact) mass is 240 g/mol. The molecular formula is C11H16N2O4. The highest BCUT2D eigenvalue weighted by Gasteiger charge is 2.32. The average molecular weight is 240 g/mol. The van der Waals surface area contributed by atoms with Crippen LogP contribution in [0.1, 0.15) is 25.5 Å². The van der Waals surface area contributed by atoms with Gasteiger partial charge >= 0.3 is 0 Å². The van der Waals surface area contributed by atoms with Crippen molar-refractivity contribution in [2.24, 2.45) is 11.1 Å². The Balaban J connectivity index is 3.29. The van der Waals surface area contributed by atoms with Crippen LogP contribution in [-0.2, 0) is 0 Å². The first-order valence-corrected chi connectivity index (χ1v) is 5.13. The lowest BCUT2D eigenvalue weighted by Crippen LogP contribution is -2.32. The minimum atomic E-state index is -0.736. The lowest BCUT2D eigenvalue weighted by molar-refractivity contribution is -0.385. The molecular weight excluding hydrogens is 224 g/mol. The number of rotatable bonds is 4. The molecule has 0 bridgehead atoms. The summed E-state index contributed by atoms with van der Waals surface area (Å²) in [5, 5.41) is 29.4. The van der Waals surface area contributed by atoms with Gasteiger partial charge in [-0.05, 0) is 12.1 Å². The fourth-order valence-electron chi connectivity index (χ4n) is 1.48. The van der Waals surface area contributed by atoms with Crippen molar-refractivity contribution in [2.75, 3.05) is 6.61 Å². The standard InChI is InChI=1S/C11H16N2O4/c1-11(2,6-14)10(12)8-5-7(15)3-4-9(8)13(16)17/h3-5,10,14-15H,6,12H2,1-2H3/t10-/m0/s1. The molecule has 0 radical (unpaired) electrons. The predicted octanol–water partition coefficient (Wildman–Crippen LogP) is 1.32. The number of nitrogens with two attached hydrogens (primary N) is 1. The Labute approximate surface area is 98.8 Å². The van der Waals surface area contributed by atoms with Crippen LogP contribution in [0.5, 0.6) is 5.75 Å². The Bertz CT molecular complexity index is 431. The Morgan fingerprint density at radius 3 is 2.59 bits per heavy atom. The summed E-state index contributed by atoms with van der Waals surface area (Å²) in [5.41, 5.74) is 5.27. The molecule has 6 nitrogen and oxygen atoms in total. The minimum Gasteiger partial charge on any atom is -0.508 e. The summed E-state index contributed by atoms with van der Waals surface area (Å²) in [4.78, 5) is 10.3. The fraction of sp³-hybridized carbons (Fsp3) is 0.455. The molecule has 4 N–H and O–H groups in total. The molecule has 1 aromatic rings. The van der Waals surface area contributed by atoms with Gasteiger partial charge in [-0.15, -0.1) is 0 Å². The van der Waals surface area contributed by atoms with E-state index in [1.807, 2.05) is 0 Å². The largest absolute Gasteiger partial charge is 0.508 e. The number of aromatic hydroxyl groups is 1. The Hall–Kier alpha value is -1.66. The number of benzene rings is 1. The van der Waals surface area contributed by atoms with E-state index in [4.69, 9.17) is 5.73 Å². The molecule has 0 heterocycles. The molecule has 1 aromatic carbocycles. The van der Waals surface area contributed by atoms with Crippen LogP contribution in [0.4, 0.5) is 5.69 Å². The summed E-state index contributed by atoms with van der Waals surface area (Å²) in [7, 11) is 0. The van der Waals surface area contributed by atoms with Gasteiger partial charge in [0, 0.05) is 24.1 Å². The number of aliphatic hydroxyl groups excluding tert-OH is 1. The molecule has 0 saturated carbocycles. The van der Waals surface area contributed by atoms with Crippen molar-refractivity contribution >= 4 is 5.69 Å². The first kappa shape index (κ1) is 13.4. The fourth-order valence-corrected chi connectivity index (χ4v) is 1.48. The third-order valence-electron chi connectivity index (χ3n) is 2.79. The van der Waals surface area contributed by atoms with Gasteiger partial charge in [0.05, 0.1) is 10.5 Å². The van der Waals surface area contributed by atoms with E-state index in [1.165, 1.54) is 18.2 Å². The third-order valence-corrected chi connectivity index (χ3v) is 2.79. The topological polar surface area (TPSA) is 110 Å². The molecule has 0 spiro atoms. The highest BCUT2D eigenvalue weighted by Crippen LogP contribution is 2.37. The van der Waals surface area contributed by atoms with E-state index >= 15 is 0 Å². The van der Waals surface area contributed by atoms with Gasteiger partial charge in [0.15, 0.2) is 0 Å². The Morgan fingerprint density at radius 1 is 1.53 bits per heavy atom. The van der Waals surface area contributed by atoms with Crippen LogP contribution in [-0.4, -0.2) is 21.7 Å². The quantitative estimate of drug-likeness (QED) is 0.543. The molecule has 0 aliphatic carbocycles. The SMILES string of the molecule is CC(C)(CO)[C@@H](N)c1cc(O)ccc1[N+](=O)[O-]. The number of nitrogens with zero attached hydrogens (tertiary/aromatic N) is 1. The second-order valence-corrected chi connectivity index (χ2v) is 4.62. The maximum Gasteiger partial charge on any atom is 0.274 e. The van der Waals surface area contributed by atoms with Crippen LogP contribution in [0.15, 0.2) is 18.2 Å². The van der Waals surface area contributed by atoms with Gasteiger partial charge in [-0.1, -0.05) is 13.8 Å². The highest BCUT2D eigenvalue weighted by atomic mass is 16.6. The van der Waals surface area contributed by atoms with Gasteiger partial charge in [0.1, 0.15) is 5.75 Å². The molecule has 0 aliphatic rings. The van der Waals surface area contributed by atoms with E-state index in [-0.39, 0.29) is 23.6 Å². The molecule has 1 atom stereocenters. The van der Waals surface area contributed by atoms with Crippen molar-refractivity contribution in [1.29, 1.82) is 0 Å². The highest BCUT2D eigenvalue weighted by molar-refractivity contribution is 5.47. The Kier molecular flexibility index (Phi) is 3.69. The minimum absolute atomic E-state index is 0.0882. The smallest absolute Gasteiger partial charge is 0.274 e. The van der Waals surface area contributed by atoms with Crippen molar-refractivity contribution in [3.63, 3.8) is 0 Å². The van der Waals surface area contributed by atoms with Crippen LogP contribution in [0.25, 0.3) is 0 Å². The second-order valence-electron chi connectivity index (χ2n) is 4.62. The lowest BCUT2D eigenvalue weighted by atomic mass is 9.81. The second kappa shape index (κ2) is 4.68. The van der Waals surface area contributed by atoms with Crippen molar-refractivity contribution in [2.45, 2.75) is 19.9 Å². The number of aliphatic hydroxyl groups is 1. The van der Waals surface area contributed by atoms with Crippen LogP contribution in [0.2, 0.25) is 0 Å². The summed E-state index contributed by atoms with van der Waals surface area (Å²) in [6.07, 6.45) is 0. The zero-order chi connectivity index (χ0) is 13.2. The van der Waals surface area contributed by atoms with E-state index in [0.717, 1.165) is 0 Å². The first-order valence-electron chi connectivity index (χ1n) is 5.13. The summed E-state index contributed by atoms with van der Waals surface area (Å²) in [6, 6.07) is 2.97. The average Bonchev–Trinajstić information content (AvgIpc) is 2.27. The van der Waals surface area contributed by atoms with E-state index in [2.05, 4.69) is 0 Å². The summed E-state index contributed by atoms with van der Waals surface area (Å²) in [5.74, 6) is -0.0882. The van der Waals surface area contributed by atoms with Crippen LogP contribution >= 0.6 is 0 Å². The number of hydrogen-bond acceptors (Lipinski definition) is 5. The van der Waals surface area contributed by atoms with Gasteiger partial charge in [-0.3, -0.25) is 10.1 Å². The number of phenolic OH excluding ortho intramolecular Hbond substituents is 1. The van der Waals surface area contributed by atoms with E-state index in [1.54, 1.807) is 13.8 Å². The lowest BCUT2D eigenvalue weighted by Gasteiger charge is -2.29. The molecule has 94 valence electrons. The summed E-state index contributed by atoms with van der Waals surface area (Å²) in [6.45, 7) is 3.19. The van der Waals surface area contributed by atoms with Crippen LogP contribution < -0.4 is 5.73 Å². The number of nitro benzene ring substituents is 1. The summed E-state index contributed by atoms with van der Waals surface area (Å²) < 4.78 is 0. The zero-order valence-corrected chi connectivity index (χ0v) is 9.75. The number of nitro groups is 1. The first-order chi connectivity index (χ1) is 7.79. The maximum atomic E-state index is 10.9. The summed E-state index contributed by atoms with van der Waals surface area (Å²) >= 11 is 0. The van der Waals surface area contributed by atoms with E-state index in [9.17, 15) is 20.3 Å². The molecule has 0 aromatic heterocycles. The van der Waals surface area contributed by atoms with Crippen molar-refractivity contribution in [3.8, 4) is 5.75 Å². The van der Waals surface area contributed by atoms with Crippen LogP contribution in [0.3, 0.4) is 0 Å². The van der Waals surface area contributed by atoms with Gasteiger partial charge in [-0.25, -0.2) is 0 Å². The number of hydrogen-bond donors (Lipinski definition) is 3.